The van der Waals surface area contributed by atoms with Crippen LogP contribution < -0.4 is 0 Å². The average molecular weight is 590 g/mol. The summed E-state index contributed by atoms with van der Waals surface area (Å²) >= 11 is 0. The maximum absolute atomic E-state index is 12.8. The van der Waals surface area contributed by atoms with E-state index in [0.717, 1.165) is 0 Å². The molecule has 4 aliphatic rings. The summed E-state index contributed by atoms with van der Waals surface area (Å²) in [5.41, 5.74) is -9.19. The van der Waals surface area contributed by atoms with E-state index in [1.165, 1.54) is 0 Å². The number of allylic oxidation sites excluding steroid dienone is 2. The molecule has 14 heteroatoms. The Hall–Kier alpha value is -1.44. The van der Waals surface area contributed by atoms with Crippen LogP contribution in [-0.2, 0) is 0 Å². The van der Waals surface area contributed by atoms with E-state index < -0.39 is 60.1 Å². The van der Waals surface area contributed by atoms with Gasteiger partial charge in [-0.1, -0.05) is 12.2 Å². The minimum absolute atomic E-state index is 0.0352. The topological polar surface area (TPSA) is 40.5 Å². The third-order valence-electron chi connectivity index (χ3n) is 9.47. The van der Waals surface area contributed by atoms with E-state index in [0.29, 0.717) is 25.7 Å². The third kappa shape index (κ3) is 5.44. The lowest BCUT2D eigenvalue weighted by Crippen LogP contribution is -2.62. The molecule has 2 N–H and O–H groups in total. The zero-order valence-electron chi connectivity index (χ0n) is 20.6. The van der Waals surface area contributed by atoms with Crippen molar-refractivity contribution in [1.82, 2.24) is 0 Å². The number of hydrogen-bond acceptors (Lipinski definition) is 2. The van der Waals surface area contributed by atoms with E-state index in [-0.39, 0.29) is 42.4 Å². The Kier molecular flexibility index (Phi) is 8.33. The monoisotopic (exact) mass is 590 g/mol. The van der Waals surface area contributed by atoms with Crippen molar-refractivity contribution in [2.45, 2.75) is 80.9 Å². The van der Waals surface area contributed by atoms with Crippen molar-refractivity contribution in [2.24, 2.45) is 47.3 Å². The molecule has 0 saturated heterocycles. The van der Waals surface area contributed by atoms with Crippen molar-refractivity contribution in [3.63, 3.8) is 0 Å². The van der Waals surface area contributed by atoms with Gasteiger partial charge in [-0.15, -0.1) is 13.2 Å². The maximum Gasteiger partial charge on any atom is 0.426 e. The summed E-state index contributed by atoms with van der Waals surface area (Å²) < 4.78 is 153. The maximum atomic E-state index is 12.8. The first kappa shape index (κ1) is 32.1. The van der Waals surface area contributed by atoms with Gasteiger partial charge < -0.3 is 10.2 Å². The molecule has 4 rings (SSSR count). The average Bonchev–Trinajstić information content (AvgIpc) is 3.55. The van der Waals surface area contributed by atoms with Gasteiger partial charge in [0.1, 0.15) is 0 Å². The summed E-state index contributed by atoms with van der Waals surface area (Å²) in [6, 6.07) is 0. The van der Waals surface area contributed by atoms with Gasteiger partial charge >= 0.3 is 24.7 Å². The summed E-state index contributed by atoms with van der Waals surface area (Å²) in [6.45, 7) is 7.17. The highest BCUT2D eigenvalue weighted by molar-refractivity contribution is 5.11. The second-order valence-electron chi connectivity index (χ2n) is 11.4. The molecule has 4 aliphatic carbocycles. The molecule has 0 aromatic heterocycles. The highest BCUT2D eigenvalue weighted by Crippen LogP contribution is 2.61. The molecule has 0 heterocycles. The Balaban J connectivity index is 0.000000216. The van der Waals surface area contributed by atoms with E-state index in [1.807, 2.05) is 0 Å². The fraction of sp³-hybridized carbons (Fsp3) is 0.840. The number of hydrogen-bond donors (Lipinski definition) is 2. The van der Waals surface area contributed by atoms with Gasteiger partial charge in [-0.2, -0.15) is 52.7 Å². The van der Waals surface area contributed by atoms with Crippen LogP contribution in [-0.4, -0.2) is 46.1 Å². The predicted molar refractivity (Wildman–Crippen MR) is 115 cm³/mol. The molecule has 8 atom stereocenters. The molecule has 0 radical (unpaired) electrons. The van der Waals surface area contributed by atoms with E-state index in [2.05, 4.69) is 13.2 Å². The van der Waals surface area contributed by atoms with Crippen LogP contribution in [0.5, 0.6) is 0 Å². The molecule has 4 saturated carbocycles. The molecule has 4 fully saturated rings. The summed E-state index contributed by atoms with van der Waals surface area (Å²) in [7, 11) is 0. The summed E-state index contributed by atoms with van der Waals surface area (Å²) in [5.74, 6) is -3.44. The Morgan fingerprint density at radius 3 is 1.26 bits per heavy atom. The van der Waals surface area contributed by atoms with Gasteiger partial charge in [0.25, 0.3) is 11.2 Å². The molecule has 0 aromatic carbocycles. The van der Waals surface area contributed by atoms with Crippen LogP contribution in [0.3, 0.4) is 0 Å². The van der Waals surface area contributed by atoms with Gasteiger partial charge in [0.05, 0.1) is 0 Å². The quantitative estimate of drug-likeness (QED) is 0.254. The second-order valence-corrected chi connectivity index (χ2v) is 11.4. The van der Waals surface area contributed by atoms with Crippen LogP contribution in [0.2, 0.25) is 0 Å². The molecule has 39 heavy (non-hydrogen) atoms. The van der Waals surface area contributed by atoms with Crippen molar-refractivity contribution in [3.8, 4) is 0 Å². The Morgan fingerprint density at radius 2 is 0.949 bits per heavy atom. The van der Waals surface area contributed by atoms with Gasteiger partial charge in [0, 0.05) is 5.92 Å². The zero-order valence-corrected chi connectivity index (χ0v) is 20.6. The molecule has 4 bridgehead atoms. The first-order chi connectivity index (χ1) is 17.5. The molecular formula is C25H30F12O2. The van der Waals surface area contributed by atoms with Gasteiger partial charge in [-0.05, 0) is 86.4 Å². The van der Waals surface area contributed by atoms with Gasteiger partial charge in [-0.3, -0.25) is 0 Å². The van der Waals surface area contributed by atoms with Crippen molar-refractivity contribution in [3.05, 3.63) is 25.3 Å². The Bertz CT molecular complexity index is 875. The first-order valence-corrected chi connectivity index (χ1v) is 12.5. The highest BCUT2D eigenvalue weighted by atomic mass is 19.4. The molecule has 226 valence electrons. The fourth-order valence-electron chi connectivity index (χ4n) is 7.45. The SMILES string of the molecule is C=CC1CC2CC1CC2C(O)(C(F)(F)F)C(F)(F)F.C=CC1CC2CC1CC2CC(O)(C(F)(F)F)C(F)(F)F. The van der Waals surface area contributed by atoms with Crippen molar-refractivity contribution in [1.29, 1.82) is 0 Å². The molecule has 0 aromatic rings. The lowest BCUT2D eigenvalue weighted by molar-refractivity contribution is -0.389. The molecule has 0 spiro atoms. The molecule has 0 amide bonds. The van der Waals surface area contributed by atoms with Gasteiger partial charge in [0.2, 0.25) is 0 Å². The Labute approximate surface area is 217 Å². The van der Waals surface area contributed by atoms with Crippen LogP contribution >= 0.6 is 0 Å². The molecule has 8 unspecified atom stereocenters. The van der Waals surface area contributed by atoms with E-state index in [1.54, 1.807) is 12.2 Å². The predicted octanol–water partition coefficient (Wildman–Crippen LogP) is 7.77. The van der Waals surface area contributed by atoms with Crippen LogP contribution in [0.1, 0.15) is 44.9 Å². The van der Waals surface area contributed by atoms with Crippen molar-refractivity contribution < 1.29 is 62.9 Å². The fourth-order valence-corrected chi connectivity index (χ4v) is 7.45. The molecule has 2 nitrogen and oxygen atoms in total. The van der Waals surface area contributed by atoms with Crippen LogP contribution in [0.25, 0.3) is 0 Å². The van der Waals surface area contributed by atoms with Crippen molar-refractivity contribution in [2.75, 3.05) is 0 Å². The third-order valence-corrected chi connectivity index (χ3v) is 9.47. The second kappa shape index (κ2) is 10.1. The van der Waals surface area contributed by atoms with Crippen LogP contribution in [0, 0.1) is 47.3 Å². The van der Waals surface area contributed by atoms with Gasteiger partial charge in [0.15, 0.2) is 0 Å². The van der Waals surface area contributed by atoms with E-state index in [9.17, 15) is 62.9 Å². The molecular weight excluding hydrogens is 560 g/mol. The smallest absolute Gasteiger partial charge is 0.374 e. The van der Waals surface area contributed by atoms with Crippen LogP contribution in [0.15, 0.2) is 25.3 Å². The Morgan fingerprint density at radius 1 is 0.538 bits per heavy atom. The summed E-state index contributed by atoms with van der Waals surface area (Å²) in [6.07, 6.45) is -19.0. The number of rotatable bonds is 5. The minimum atomic E-state index is -5.70. The molecule has 0 aliphatic heterocycles. The standard InChI is InChI=1S/C13H16F6O.C12H14F6O/c1-2-7-3-9-4-8(7)5-10(9)6-11(20,12(14,15)16)13(17,18)19;1-2-6-3-8-4-7(6)5-9(8)10(19,11(13,14)15)12(16,17)18/h2,7-10,20H,1,3-6H2;2,6-9,19H,1,3-5H2. The van der Waals surface area contributed by atoms with Crippen molar-refractivity contribution >= 4 is 0 Å². The normalized spacial score (nSPS) is 35.1. The van der Waals surface area contributed by atoms with Gasteiger partial charge in [-0.25, -0.2) is 0 Å². The number of alkyl halides is 12. The number of aliphatic hydroxyl groups is 2. The highest BCUT2D eigenvalue weighted by Gasteiger charge is 2.76. The number of fused-ring (bicyclic) bond motifs is 4. The van der Waals surface area contributed by atoms with E-state index >= 15 is 0 Å². The number of halogens is 12. The summed E-state index contributed by atoms with van der Waals surface area (Å²) in [5, 5.41) is 18.6. The first-order valence-electron chi connectivity index (χ1n) is 12.5. The lowest BCUT2D eigenvalue weighted by atomic mass is 9.72. The largest absolute Gasteiger partial charge is 0.426 e. The minimum Gasteiger partial charge on any atom is -0.374 e. The van der Waals surface area contributed by atoms with E-state index in [4.69, 9.17) is 0 Å². The van der Waals surface area contributed by atoms with Crippen LogP contribution in [0.4, 0.5) is 52.7 Å². The summed E-state index contributed by atoms with van der Waals surface area (Å²) in [4.78, 5) is 0. The zero-order chi connectivity index (χ0) is 30.0. The lowest BCUT2D eigenvalue weighted by Gasteiger charge is -2.41.